The number of alkyl halides is 1. The Bertz CT molecular complexity index is 914. The molecule has 8 heteroatoms. The van der Waals surface area contributed by atoms with Gasteiger partial charge >= 0.3 is 0 Å². The molecule has 2 N–H and O–H groups in total. The van der Waals surface area contributed by atoms with Crippen LogP contribution in [0.3, 0.4) is 0 Å². The maximum Gasteiger partial charge on any atom is 0.259 e. The van der Waals surface area contributed by atoms with Crippen molar-refractivity contribution in [1.82, 2.24) is 10.2 Å². The van der Waals surface area contributed by atoms with Crippen LogP contribution in [0.25, 0.3) is 10.6 Å². The average molecular weight is 387 g/mol. The molecule has 1 aromatic heterocycles. The molecule has 0 fully saturated rings. The summed E-state index contributed by atoms with van der Waals surface area (Å²) in [5, 5.41) is 14.6. The third kappa shape index (κ3) is 4.44. The van der Waals surface area contributed by atoms with Gasteiger partial charge in [-0.25, -0.2) is 0 Å². The van der Waals surface area contributed by atoms with Crippen LogP contribution in [0.15, 0.2) is 54.6 Å². The van der Waals surface area contributed by atoms with E-state index in [1.165, 1.54) is 11.3 Å². The van der Waals surface area contributed by atoms with Crippen LogP contribution in [0.2, 0.25) is 0 Å². The van der Waals surface area contributed by atoms with Gasteiger partial charge in [0, 0.05) is 17.9 Å². The van der Waals surface area contributed by atoms with E-state index in [1.54, 1.807) is 24.3 Å². The molecular weight excluding hydrogens is 372 g/mol. The summed E-state index contributed by atoms with van der Waals surface area (Å²) < 4.78 is 0. The van der Waals surface area contributed by atoms with Crippen molar-refractivity contribution in [2.24, 2.45) is 0 Å². The zero-order valence-electron chi connectivity index (χ0n) is 13.6. The van der Waals surface area contributed by atoms with Gasteiger partial charge in [0.25, 0.3) is 5.91 Å². The Morgan fingerprint density at radius 3 is 2.46 bits per heavy atom. The van der Waals surface area contributed by atoms with Crippen molar-refractivity contribution >= 4 is 45.6 Å². The van der Waals surface area contributed by atoms with E-state index in [1.807, 2.05) is 30.3 Å². The first-order valence-electron chi connectivity index (χ1n) is 7.82. The highest BCUT2D eigenvalue weighted by molar-refractivity contribution is 7.18. The molecule has 1 heterocycles. The van der Waals surface area contributed by atoms with Crippen molar-refractivity contribution in [3.63, 3.8) is 0 Å². The second kappa shape index (κ2) is 8.55. The van der Waals surface area contributed by atoms with E-state index in [9.17, 15) is 9.59 Å². The molecule has 6 nitrogen and oxygen atoms in total. The van der Waals surface area contributed by atoms with Gasteiger partial charge in [0.1, 0.15) is 5.01 Å². The monoisotopic (exact) mass is 386 g/mol. The summed E-state index contributed by atoms with van der Waals surface area (Å²) in [6.45, 7) is 0. The molecule has 132 valence electrons. The Labute approximate surface area is 159 Å². The molecule has 26 heavy (non-hydrogen) atoms. The van der Waals surface area contributed by atoms with Gasteiger partial charge in [-0.05, 0) is 12.1 Å². The fourth-order valence-corrected chi connectivity index (χ4v) is 3.14. The van der Waals surface area contributed by atoms with E-state index in [4.69, 9.17) is 11.6 Å². The fourth-order valence-electron chi connectivity index (χ4n) is 2.22. The number of hydrogen-bond donors (Lipinski definition) is 2. The molecule has 3 rings (SSSR count). The third-order valence-corrected chi connectivity index (χ3v) is 4.51. The zero-order valence-corrected chi connectivity index (χ0v) is 15.2. The summed E-state index contributed by atoms with van der Waals surface area (Å²) in [6, 6.07) is 16.3. The number of halogens is 1. The molecule has 0 saturated carbocycles. The summed E-state index contributed by atoms with van der Waals surface area (Å²) >= 11 is 6.85. The number of carbonyl (C=O) groups excluding carboxylic acids is 2. The van der Waals surface area contributed by atoms with Gasteiger partial charge in [-0.3, -0.25) is 14.9 Å². The van der Waals surface area contributed by atoms with Crippen molar-refractivity contribution in [2.45, 2.75) is 6.42 Å². The van der Waals surface area contributed by atoms with Crippen molar-refractivity contribution < 1.29 is 9.59 Å². The summed E-state index contributed by atoms with van der Waals surface area (Å²) in [6.07, 6.45) is 0.175. The maximum atomic E-state index is 12.6. The lowest BCUT2D eigenvalue weighted by Gasteiger charge is -2.09. The van der Waals surface area contributed by atoms with E-state index in [0.717, 1.165) is 5.56 Å². The van der Waals surface area contributed by atoms with Crippen LogP contribution in [0.4, 0.5) is 10.8 Å². The molecule has 2 aromatic carbocycles. The van der Waals surface area contributed by atoms with Gasteiger partial charge in [0.15, 0.2) is 0 Å². The number of hydrogen-bond acceptors (Lipinski definition) is 5. The molecule has 0 aliphatic carbocycles. The summed E-state index contributed by atoms with van der Waals surface area (Å²) in [5.74, 6) is -0.405. The van der Waals surface area contributed by atoms with Crippen molar-refractivity contribution in [3.8, 4) is 10.6 Å². The van der Waals surface area contributed by atoms with Gasteiger partial charge < -0.3 is 5.32 Å². The summed E-state index contributed by atoms with van der Waals surface area (Å²) in [5.41, 5.74) is 1.69. The van der Waals surface area contributed by atoms with Crippen LogP contribution in [-0.4, -0.2) is 27.9 Å². The molecule has 0 bridgehead atoms. The lowest BCUT2D eigenvalue weighted by atomic mass is 10.1. The smallest absolute Gasteiger partial charge is 0.259 e. The number of aromatic nitrogens is 2. The predicted molar refractivity (Wildman–Crippen MR) is 104 cm³/mol. The largest absolute Gasteiger partial charge is 0.325 e. The molecule has 0 saturated heterocycles. The van der Waals surface area contributed by atoms with E-state index in [0.29, 0.717) is 21.4 Å². The van der Waals surface area contributed by atoms with E-state index in [2.05, 4.69) is 20.8 Å². The molecule has 0 atom stereocenters. The second-order valence-electron chi connectivity index (χ2n) is 5.27. The van der Waals surface area contributed by atoms with Crippen molar-refractivity contribution in [2.75, 3.05) is 16.5 Å². The number of anilines is 2. The molecule has 3 aromatic rings. The third-order valence-electron chi connectivity index (χ3n) is 3.43. The predicted octanol–water partition coefficient (Wildman–Crippen LogP) is 4.02. The minimum Gasteiger partial charge on any atom is -0.325 e. The number of amides is 2. The highest BCUT2D eigenvalue weighted by Crippen LogP contribution is 2.26. The number of benzene rings is 2. The summed E-state index contributed by atoms with van der Waals surface area (Å²) in [4.78, 5) is 24.3. The topological polar surface area (TPSA) is 84.0 Å². The minimum atomic E-state index is -0.373. The van der Waals surface area contributed by atoms with Crippen LogP contribution in [0.1, 0.15) is 16.8 Å². The number of nitrogens with zero attached hydrogens (tertiary/aromatic N) is 2. The van der Waals surface area contributed by atoms with E-state index in [-0.39, 0.29) is 24.1 Å². The molecule has 2 amide bonds. The first kappa shape index (κ1) is 18.0. The maximum absolute atomic E-state index is 12.6. The molecular formula is C18H15ClN4O2S. The highest BCUT2D eigenvalue weighted by atomic mass is 35.5. The molecule has 0 aliphatic rings. The average Bonchev–Trinajstić information content (AvgIpc) is 3.11. The standard InChI is InChI=1S/C18H15ClN4O2S/c19-11-10-15(24)20-14-9-5-4-8-13(14)16(25)21-18-23-22-17(26-18)12-6-2-1-3-7-12/h1-9H,10-11H2,(H,20,24)(H,21,23,25). The lowest BCUT2D eigenvalue weighted by Crippen LogP contribution is -2.18. The summed E-state index contributed by atoms with van der Waals surface area (Å²) in [7, 11) is 0. The fraction of sp³-hybridized carbons (Fsp3) is 0.111. The van der Waals surface area contributed by atoms with Crippen LogP contribution in [0, 0.1) is 0 Å². The Morgan fingerprint density at radius 1 is 0.962 bits per heavy atom. The van der Waals surface area contributed by atoms with Crippen LogP contribution >= 0.6 is 22.9 Å². The Hall–Kier alpha value is -2.77. The number of nitrogens with one attached hydrogen (secondary N) is 2. The number of para-hydroxylation sites is 1. The van der Waals surface area contributed by atoms with Crippen molar-refractivity contribution in [3.05, 3.63) is 60.2 Å². The SMILES string of the molecule is O=C(CCCl)Nc1ccccc1C(=O)Nc1nnc(-c2ccccc2)s1. The van der Waals surface area contributed by atoms with Gasteiger partial charge in [-0.15, -0.1) is 21.8 Å². The second-order valence-corrected chi connectivity index (χ2v) is 6.62. The number of rotatable bonds is 6. The highest BCUT2D eigenvalue weighted by Gasteiger charge is 2.15. The first-order valence-corrected chi connectivity index (χ1v) is 9.17. The molecule has 0 radical (unpaired) electrons. The van der Waals surface area contributed by atoms with Gasteiger partial charge in [0.2, 0.25) is 11.0 Å². The lowest BCUT2D eigenvalue weighted by molar-refractivity contribution is -0.115. The zero-order chi connectivity index (χ0) is 18.4. The van der Waals surface area contributed by atoms with Crippen molar-refractivity contribution in [1.29, 1.82) is 0 Å². The molecule has 0 spiro atoms. The minimum absolute atomic E-state index is 0.175. The van der Waals surface area contributed by atoms with Gasteiger partial charge in [-0.1, -0.05) is 53.8 Å². The Balaban J connectivity index is 1.75. The molecule has 0 unspecified atom stereocenters. The van der Waals surface area contributed by atoms with Gasteiger partial charge in [0.05, 0.1) is 11.3 Å². The van der Waals surface area contributed by atoms with Crippen LogP contribution in [-0.2, 0) is 4.79 Å². The van der Waals surface area contributed by atoms with Gasteiger partial charge in [-0.2, -0.15) is 0 Å². The number of carbonyl (C=O) groups is 2. The molecule has 0 aliphatic heterocycles. The van der Waals surface area contributed by atoms with Crippen LogP contribution in [0.5, 0.6) is 0 Å². The Morgan fingerprint density at radius 2 is 1.69 bits per heavy atom. The normalized spacial score (nSPS) is 10.3. The Kier molecular flexibility index (Phi) is 5.93. The quantitative estimate of drug-likeness (QED) is 0.626. The van der Waals surface area contributed by atoms with E-state index < -0.39 is 0 Å². The van der Waals surface area contributed by atoms with E-state index >= 15 is 0 Å². The first-order chi connectivity index (χ1) is 12.7. The van der Waals surface area contributed by atoms with Crippen LogP contribution < -0.4 is 10.6 Å².